The third-order valence-corrected chi connectivity index (χ3v) is 5.24. The van der Waals surface area contributed by atoms with Gasteiger partial charge in [-0.2, -0.15) is 4.37 Å². The zero-order chi connectivity index (χ0) is 14.0. The van der Waals surface area contributed by atoms with Gasteiger partial charge in [0.1, 0.15) is 10.6 Å². The van der Waals surface area contributed by atoms with Gasteiger partial charge < -0.3 is 15.4 Å². The van der Waals surface area contributed by atoms with Crippen LogP contribution >= 0.6 is 11.5 Å². The summed E-state index contributed by atoms with van der Waals surface area (Å²) in [5, 5.41) is 0.855. The monoisotopic (exact) mass is 283 g/mol. The predicted molar refractivity (Wildman–Crippen MR) is 77.7 cm³/mol. The number of carbonyl (C=O) groups is 1. The van der Waals surface area contributed by atoms with E-state index in [0.717, 1.165) is 37.4 Å². The molecule has 0 saturated carbocycles. The minimum absolute atomic E-state index is 0.275. The van der Waals surface area contributed by atoms with Crippen LogP contribution < -0.4 is 10.6 Å². The molecule has 0 atom stereocenters. The molecule has 1 fully saturated rings. The van der Waals surface area contributed by atoms with Crippen LogP contribution in [0.4, 0.5) is 10.8 Å². The minimum Gasteiger partial charge on any atom is -0.465 e. The highest BCUT2D eigenvalue weighted by Crippen LogP contribution is 2.42. The van der Waals surface area contributed by atoms with E-state index >= 15 is 0 Å². The van der Waals surface area contributed by atoms with Gasteiger partial charge in [0.15, 0.2) is 5.82 Å². The van der Waals surface area contributed by atoms with Crippen LogP contribution in [-0.2, 0) is 4.74 Å². The van der Waals surface area contributed by atoms with Crippen molar-refractivity contribution < 1.29 is 9.53 Å². The molecule has 1 aliphatic heterocycles. The van der Waals surface area contributed by atoms with Crippen molar-refractivity contribution in [1.29, 1.82) is 0 Å². The van der Waals surface area contributed by atoms with E-state index in [-0.39, 0.29) is 5.82 Å². The van der Waals surface area contributed by atoms with Crippen molar-refractivity contribution in [2.45, 2.75) is 33.1 Å². The van der Waals surface area contributed by atoms with Gasteiger partial charge in [0.05, 0.1) is 7.11 Å². The summed E-state index contributed by atoms with van der Waals surface area (Å²) in [6.07, 6.45) is 3.46. The van der Waals surface area contributed by atoms with Crippen molar-refractivity contribution in [3.8, 4) is 0 Å². The number of ether oxygens (including phenoxy) is 1. The van der Waals surface area contributed by atoms with E-state index in [0.29, 0.717) is 11.0 Å². The van der Waals surface area contributed by atoms with Gasteiger partial charge in [0.2, 0.25) is 0 Å². The fourth-order valence-corrected chi connectivity index (χ4v) is 3.57. The molecule has 0 radical (unpaired) electrons. The van der Waals surface area contributed by atoms with Crippen LogP contribution in [0.1, 0.15) is 43.5 Å². The van der Waals surface area contributed by atoms with Gasteiger partial charge in [0.25, 0.3) is 0 Å². The van der Waals surface area contributed by atoms with Crippen LogP contribution in [0.15, 0.2) is 0 Å². The number of esters is 1. The average Bonchev–Trinajstić information content (AvgIpc) is 3.02. The van der Waals surface area contributed by atoms with Gasteiger partial charge >= 0.3 is 5.97 Å². The van der Waals surface area contributed by atoms with Crippen LogP contribution in [0, 0.1) is 5.41 Å². The van der Waals surface area contributed by atoms with E-state index in [1.165, 1.54) is 18.6 Å². The van der Waals surface area contributed by atoms with E-state index in [9.17, 15) is 4.79 Å². The lowest BCUT2D eigenvalue weighted by molar-refractivity contribution is 0.0603. The number of methoxy groups -OCH3 is 1. The van der Waals surface area contributed by atoms with E-state index < -0.39 is 5.97 Å². The third-order valence-electron chi connectivity index (χ3n) is 4.32. The topological polar surface area (TPSA) is 68.5 Å². The Labute approximate surface area is 117 Å². The molecule has 0 unspecified atom stereocenters. The van der Waals surface area contributed by atoms with Crippen LogP contribution in [-0.4, -0.2) is 30.5 Å². The van der Waals surface area contributed by atoms with E-state index in [4.69, 9.17) is 10.5 Å². The molecule has 5 nitrogen and oxygen atoms in total. The maximum atomic E-state index is 11.8. The minimum atomic E-state index is -0.397. The number of carbonyl (C=O) groups excluding carboxylic acids is 1. The first-order chi connectivity index (χ1) is 9.06. The summed E-state index contributed by atoms with van der Waals surface area (Å²) >= 11 is 1.29. The summed E-state index contributed by atoms with van der Waals surface area (Å²) in [5.74, 6) is -0.121. The summed E-state index contributed by atoms with van der Waals surface area (Å²) in [6, 6.07) is 0. The van der Waals surface area contributed by atoms with Gasteiger partial charge in [-0.3, -0.25) is 0 Å². The number of rotatable bonds is 4. The second kappa shape index (κ2) is 5.36. The average molecular weight is 283 g/mol. The number of hydrogen-bond donors (Lipinski definition) is 1. The second-order valence-electron chi connectivity index (χ2n) is 5.12. The number of nitrogen functional groups attached to an aromatic ring is 1. The van der Waals surface area contributed by atoms with Gasteiger partial charge in [-0.15, -0.1) is 0 Å². The largest absolute Gasteiger partial charge is 0.465 e. The zero-order valence-corrected chi connectivity index (χ0v) is 12.5. The van der Waals surface area contributed by atoms with Gasteiger partial charge in [-0.25, -0.2) is 4.79 Å². The van der Waals surface area contributed by atoms with Crippen LogP contribution in [0.3, 0.4) is 0 Å². The Balaban J connectivity index is 2.27. The lowest BCUT2D eigenvalue weighted by Crippen LogP contribution is -2.26. The predicted octanol–water partition coefficient (Wildman–Crippen LogP) is 2.53. The molecule has 0 amide bonds. The van der Waals surface area contributed by atoms with Crippen LogP contribution in [0.2, 0.25) is 0 Å². The van der Waals surface area contributed by atoms with Crippen molar-refractivity contribution in [3.05, 3.63) is 5.56 Å². The first-order valence-corrected chi connectivity index (χ1v) is 7.42. The molecule has 1 aromatic rings. The Hall–Kier alpha value is -1.30. The normalized spacial score (nSPS) is 17.7. The summed E-state index contributed by atoms with van der Waals surface area (Å²) in [4.78, 5) is 14.0. The van der Waals surface area contributed by atoms with Crippen molar-refractivity contribution in [2.24, 2.45) is 5.41 Å². The lowest BCUT2D eigenvalue weighted by Gasteiger charge is -2.26. The van der Waals surface area contributed by atoms with Gasteiger partial charge in [-0.1, -0.05) is 13.8 Å². The first kappa shape index (κ1) is 14.1. The highest BCUT2D eigenvalue weighted by molar-refractivity contribution is 7.11. The second-order valence-corrected chi connectivity index (χ2v) is 5.87. The molecule has 0 aromatic carbocycles. The van der Waals surface area contributed by atoms with Crippen LogP contribution in [0.5, 0.6) is 0 Å². The molecule has 0 bridgehead atoms. The maximum absolute atomic E-state index is 11.8. The van der Waals surface area contributed by atoms with Gasteiger partial charge in [-0.05, 0) is 36.2 Å². The Morgan fingerprint density at radius 2 is 2.21 bits per heavy atom. The summed E-state index contributed by atoms with van der Waals surface area (Å²) in [5.41, 5.74) is 6.57. The molecule has 2 rings (SSSR count). The summed E-state index contributed by atoms with van der Waals surface area (Å²) in [6.45, 7) is 6.38. The summed E-state index contributed by atoms with van der Waals surface area (Å²) in [7, 11) is 1.37. The Kier molecular flexibility index (Phi) is 3.99. The number of nitrogens with two attached hydrogens (primary N) is 1. The fourth-order valence-electron chi connectivity index (χ4n) is 2.74. The standard InChI is InChI=1S/C13H21N3O2S/c1-4-13(5-2)6-7-16(8-13)11-9(12(17)18-3)10(14)15-19-11/h4-8H2,1-3H3,(H2,14,15). The fraction of sp³-hybridized carbons (Fsp3) is 0.692. The molecule has 6 heteroatoms. The Morgan fingerprint density at radius 3 is 2.74 bits per heavy atom. The van der Waals surface area contributed by atoms with Crippen molar-refractivity contribution in [2.75, 3.05) is 30.8 Å². The molecule has 0 aliphatic carbocycles. The molecule has 19 heavy (non-hydrogen) atoms. The van der Waals surface area contributed by atoms with Crippen molar-refractivity contribution >= 4 is 28.3 Å². The molecule has 1 aromatic heterocycles. The third kappa shape index (κ3) is 2.41. The molecule has 1 saturated heterocycles. The van der Waals surface area contributed by atoms with E-state index in [2.05, 4.69) is 23.1 Å². The number of hydrogen-bond acceptors (Lipinski definition) is 6. The summed E-state index contributed by atoms with van der Waals surface area (Å²) < 4.78 is 8.91. The molecular formula is C13H21N3O2S. The first-order valence-electron chi connectivity index (χ1n) is 6.65. The quantitative estimate of drug-likeness (QED) is 0.860. The van der Waals surface area contributed by atoms with Crippen molar-refractivity contribution in [3.63, 3.8) is 0 Å². The van der Waals surface area contributed by atoms with E-state index in [1.54, 1.807) is 0 Å². The molecule has 106 valence electrons. The molecular weight excluding hydrogens is 262 g/mol. The van der Waals surface area contributed by atoms with E-state index in [1.807, 2.05) is 0 Å². The molecule has 1 aliphatic rings. The Bertz CT molecular complexity index is 468. The van der Waals surface area contributed by atoms with Crippen molar-refractivity contribution in [1.82, 2.24) is 4.37 Å². The van der Waals surface area contributed by atoms with Crippen LogP contribution in [0.25, 0.3) is 0 Å². The maximum Gasteiger partial charge on any atom is 0.344 e. The number of aromatic nitrogens is 1. The molecule has 2 heterocycles. The smallest absolute Gasteiger partial charge is 0.344 e. The zero-order valence-electron chi connectivity index (χ0n) is 11.7. The molecule has 0 spiro atoms. The Morgan fingerprint density at radius 1 is 1.53 bits per heavy atom. The highest BCUT2D eigenvalue weighted by atomic mass is 32.1. The SMILES string of the molecule is CCC1(CC)CCN(c2snc(N)c2C(=O)OC)C1. The van der Waals surface area contributed by atoms with Gasteiger partial charge in [0, 0.05) is 13.1 Å². The number of anilines is 2. The highest BCUT2D eigenvalue weighted by Gasteiger charge is 2.37. The number of nitrogens with zero attached hydrogens (tertiary/aromatic N) is 2. The lowest BCUT2D eigenvalue weighted by atomic mass is 9.82. The molecule has 2 N–H and O–H groups in total.